The number of hydrogen-bond acceptors (Lipinski definition) is 5. The fraction of sp³-hybridized carbons (Fsp3) is 0.474. The molecule has 5 heteroatoms. The molecule has 1 saturated heterocycles. The first kappa shape index (κ1) is 16.7. The molecule has 1 atom stereocenters. The fourth-order valence-electron chi connectivity index (χ4n) is 3.27. The number of benzene rings is 1. The van der Waals surface area contributed by atoms with Crippen molar-refractivity contribution in [2.24, 2.45) is 0 Å². The normalized spacial score (nSPS) is 19.9. The summed E-state index contributed by atoms with van der Waals surface area (Å²) in [5.41, 5.74) is 10.3. The minimum absolute atomic E-state index is 0.107. The van der Waals surface area contributed by atoms with Crippen LogP contribution < -0.4 is 11.1 Å². The third-order valence-corrected chi connectivity index (χ3v) is 4.67. The van der Waals surface area contributed by atoms with E-state index in [4.69, 9.17) is 10.5 Å². The van der Waals surface area contributed by atoms with E-state index in [-0.39, 0.29) is 5.60 Å². The van der Waals surface area contributed by atoms with E-state index in [0.29, 0.717) is 12.0 Å². The van der Waals surface area contributed by atoms with Crippen LogP contribution >= 0.6 is 0 Å². The van der Waals surface area contributed by atoms with E-state index < -0.39 is 0 Å². The lowest BCUT2D eigenvalue weighted by molar-refractivity contribution is -0.0553. The second-order valence-electron chi connectivity index (χ2n) is 7.19. The molecule has 0 spiro atoms. The van der Waals surface area contributed by atoms with Crippen LogP contribution in [0.15, 0.2) is 24.3 Å². The Balaban J connectivity index is 1.88. The Labute approximate surface area is 143 Å². The van der Waals surface area contributed by atoms with Gasteiger partial charge in [0.15, 0.2) is 0 Å². The van der Waals surface area contributed by atoms with Crippen LogP contribution in [-0.4, -0.2) is 28.2 Å². The molecule has 128 valence electrons. The van der Waals surface area contributed by atoms with Gasteiger partial charge in [-0.3, -0.25) is 0 Å². The van der Waals surface area contributed by atoms with E-state index in [9.17, 15) is 0 Å². The van der Waals surface area contributed by atoms with E-state index in [1.54, 1.807) is 0 Å². The van der Waals surface area contributed by atoms with Gasteiger partial charge in [0.05, 0.1) is 11.3 Å². The van der Waals surface area contributed by atoms with E-state index in [1.165, 1.54) is 11.1 Å². The smallest absolute Gasteiger partial charge is 0.222 e. The molecule has 1 aliphatic heterocycles. The number of rotatable bonds is 3. The van der Waals surface area contributed by atoms with Crippen molar-refractivity contribution >= 4 is 11.8 Å². The van der Waals surface area contributed by atoms with Crippen molar-refractivity contribution in [1.82, 2.24) is 9.97 Å². The van der Waals surface area contributed by atoms with Crippen LogP contribution in [0.3, 0.4) is 0 Å². The number of hydrogen-bond donors (Lipinski definition) is 2. The summed E-state index contributed by atoms with van der Waals surface area (Å²) in [5.74, 6) is 1.07. The summed E-state index contributed by atoms with van der Waals surface area (Å²) in [6, 6.07) is 8.54. The van der Waals surface area contributed by atoms with E-state index >= 15 is 0 Å². The summed E-state index contributed by atoms with van der Waals surface area (Å²) in [5, 5.41) is 3.51. The largest absolute Gasteiger partial charge is 0.375 e. The highest BCUT2D eigenvalue weighted by atomic mass is 16.5. The summed E-state index contributed by atoms with van der Waals surface area (Å²) < 4.78 is 5.78. The Bertz CT molecular complexity index is 742. The molecule has 24 heavy (non-hydrogen) atoms. The van der Waals surface area contributed by atoms with Crippen LogP contribution in [0.5, 0.6) is 0 Å². The van der Waals surface area contributed by atoms with Crippen LogP contribution in [0.2, 0.25) is 0 Å². The lowest BCUT2D eigenvalue weighted by Crippen LogP contribution is -2.40. The number of nitrogen functional groups attached to an aromatic ring is 1. The fourth-order valence-corrected chi connectivity index (χ4v) is 3.27. The molecule has 5 nitrogen and oxygen atoms in total. The summed E-state index contributed by atoms with van der Waals surface area (Å²) in [4.78, 5) is 8.80. The van der Waals surface area contributed by atoms with Gasteiger partial charge < -0.3 is 15.8 Å². The standard InChI is InChI=1S/C19H26N4O/c1-12-6-5-7-15(13(12)2)16-10-17(23-18(20)22-16)21-14-8-9-24-19(3,4)11-14/h5-7,10,14H,8-9,11H2,1-4H3,(H3,20,21,22,23). The Hall–Kier alpha value is -2.14. The maximum atomic E-state index is 5.96. The molecule has 1 aromatic carbocycles. The SMILES string of the molecule is Cc1cccc(-c2cc(NC3CCOC(C)(C)C3)nc(N)n2)c1C. The van der Waals surface area contributed by atoms with Gasteiger partial charge in [0, 0.05) is 24.3 Å². The average molecular weight is 326 g/mol. The molecule has 3 rings (SSSR count). The van der Waals surface area contributed by atoms with Crippen molar-refractivity contribution in [3.05, 3.63) is 35.4 Å². The lowest BCUT2D eigenvalue weighted by Gasteiger charge is -2.36. The molecule has 0 radical (unpaired) electrons. The minimum Gasteiger partial charge on any atom is -0.375 e. The van der Waals surface area contributed by atoms with Gasteiger partial charge in [0.1, 0.15) is 5.82 Å². The molecular weight excluding hydrogens is 300 g/mol. The summed E-state index contributed by atoms with van der Waals surface area (Å²) in [6.45, 7) is 9.21. The zero-order chi connectivity index (χ0) is 17.3. The first-order valence-electron chi connectivity index (χ1n) is 8.46. The zero-order valence-corrected chi connectivity index (χ0v) is 14.9. The molecule has 1 aromatic heterocycles. The average Bonchev–Trinajstić information content (AvgIpc) is 2.48. The number of nitrogens with two attached hydrogens (primary N) is 1. The summed E-state index contributed by atoms with van der Waals surface area (Å²) >= 11 is 0. The van der Waals surface area contributed by atoms with Crippen molar-refractivity contribution in [2.45, 2.75) is 52.2 Å². The van der Waals surface area contributed by atoms with Crippen LogP contribution in [0.4, 0.5) is 11.8 Å². The topological polar surface area (TPSA) is 73.1 Å². The molecule has 0 amide bonds. The van der Waals surface area contributed by atoms with E-state index in [2.05, 4.69) is 55.1 Å². The molecule has 0 bridgehead atoms. The second kappa shape index (κ2) is 6.40. The van der Waals surface area contributed by atoms with E-state index in [0.717, 1.165) is 36.5 Å². The number of nitrogens with one attached hydrogen (secondary N) is 1. The molecule has 3 N–H and O–H groups in total. The quantitative estimate of drug-likeness (QED) is 0.899. The van der Waals surface area contributed by atoms with Crippen molar-refractivity contribution in [3.63, 3.8) is 0 Å². The number of ether oxygens (including phenoxy) is 1. The summed E-state index contributed by atoms with van der Waals surface area (Å²) in [7, 11) is 0. The minimum atomic E-state index is -0.107. The van der Waals surface area contributed by atoms with Gasteiger partial charge in [-0.05, 0) is 51.7 Å². The van der Waals surface area contributed by atoms with Gasteiger partial charge in [0.2, 0.25) is 5.95 Å². The second-order valence-corrected chi connectivity index (χ2v) is 7.19. The van der Waals surface area contributed by atoms with Crippen LogP contribution in [0.25, 0.3) is 11.3 Å². The van der Waals surface area contributed by atoms with Crippen molar-refractivity contribution in [3.8, 4) is 11.3 Å². The highest BCUT2D eigenvalue weighted by Gasteiger charge is 2.29. The molecular formula is C19H26N4O. The third kappa shape index (κ3) is 3.67. The van der Waals surface area contributed by atoms with Crippen molar-refractivity contribution in [1.29, 1.82) is 0 Å². The predicted octanol–water partition coefficient (Wildman–Crippen LogP) is 3.71. The Morgan fingerprint density at radius 2 is 2.04 bits per heavy atom. The predicted molar refractivity (Wildman–Crippen MR) is 98.0 cm³/mol. The maximum absolute atomic E-state index is 5.96. The summed E-state index contributed by atoms with van der Waals surface area (Å²) in [6.07, 6.45) is 1.90. The van der Waals surface area contributed by atoms with Crippen LogP contribution in [-0.2, 0) is 4.74 Å². The van der Waals surface area contributed by atoms with Gasteiger partial charge in [-0.1, -0.05) is 18.2 Å². The van der Waals surface area contributed by atoms with Crippen molar-refractivity contribution in [2.75, 3.05) is 17.7 Å². The first-order chi connectivity index (χ1) is 11.3. The first-order valence-corrected chi connectivity index (χ1v) is 8.46. The molecule has 2 aromatic rings. The number of aryl methyl sites for hydroxylation is 1. The van der Waals surface area contributed by atoms with Crippen molar-refractivity contribution < 1.29 is 4.74 Å². The highest BCUT2D eigenvalue weighted by molar-refractivity contribution is 5.68. The third-order valence-electron chi connectivity index (χ3n) is 4.67. The van der Waals surface area contributed by atoms with Crippen LogP contribution in [0, 0.1) is 13.8 Å². The van der Waals surface area contributed by atoms with Gasteiger partial charge >= 0.3 is 0 Å². The number of anilines is 2. The number of aromatic nitrogens is 2. The monoisotopic (exact) mass is 326 g/mol. The molecule has 2 heterocycles. The van der Waals surface area contributed by atoms with Gasteiger partial charge in [0.25, 0.3) is 0 Å². The Kier molecular flexibility index (Phi) is 4.45. The van der Waals surface area contributed by atoms with E-state index in [1.807, 2.05) is 12.1 Å². The zero-order valence-electron chi connectivity index (χ0n) is 14.9. The molecule has 1 fully saturated rings. The van der Waals surface area contributed by atoms with Gasteiger partial charge in [-0.2, -0.15) is 4.98 Å². The Morgan fingerprint density at radius 3 is 2.79 bits per heavy atom. The number of nitrogens with zero attached hydrogens (tertiary/aromatic N) is 2. The molecule has 1 aliphatic rings. The van der Waals surface area contributed by atoms with Crippen LogP contribution in [0.1, 0.15) is 37.8 Å². The molecule has 0 aliphatic carbocycles. The van der Waals surface area contributed by atoms with Gasteiger partial charge in [-0.25, -0.2) is 4.98 Å². The molecule has 0 saturated carbocycles. The molecule has 1 unspecified atom stereocenters. The highest BCUT2D eigenvalue weighted by Crippen LogP contribution is 2.29. The lowest BCUT2D eigenvalue weighted by atomic mass is 9.94. The Morgan fingerprint density at radius 1 is 1.25 bits per heavy atom. The maximum Gasteiger partial charge on any atom is 0.222 e. The van der Waals surface area contributed by atoms with Gasteiger partial charge in [-0.15, -0.1) is 0 Å².